The average molecular weight is 373 g/mol. The molecule has 0 radical (unpaired) electrons. The first-order chi connectivity index (χ1) is 10.2. The van der Waals surface area contributed by atoms with Crippen LogP contribution in [0.4, 0.5) is 13.2 Å². The van der Waals surface area contributed by atoms with E-state index in [-0.39, 0.29) is 17.3 Å². The van der Waals surface area contributed by atoms with E-state index in [9.17, 15) is 21.6 Å². The molecule has 23 heavy (non-hydrogen) atoms. The molecule has 0 aliphatic carbocycles. The lowest BCUT2D eigenvalue weighted by atomic mass is 9.98. The molecule has 0 spiro atoms. The third-order valence-corrected chi connectivity index (χ3v) is 5.80. The van der Waals surface area contributed by atoms with Crippen LogP contribution in [0.2, 0.25) is 0 Å². The maximum Gasteiger partial charge on any atom is 0.416 e. The normalized spacial score (nSPS) is 17.7. The lowest BCUT2D eigenvalue weighted by Gasteiger charge is -2.31. The number of rotatable bonds is 4. The summed E-state index contributed by atoms with van der Waals surface area (Å²) in [6, 6.07) is 3.66. The molecule has 0 bridgehead atoms. The highest BCUT2D eigenvalue weighted by Gasteiger charge is 2.32. The van der Waals surface area contributed by atoms with Crippen LogP contribution in [0.25, 0.3) is 0 Å². The number of nitrogens with one attached hydrogen (secondary N) is 1. The van der Waals surface area contributed by atoms with Gasteiger partial charge in [-0.05, 0) is 56.6 Å². The Bertz CT molecular complexity index is 597. The summed E-state index contributed by atoms with van der Waals surface area (Å²) in [5.41, 5.74) is -0.848. The zero-order valence-corrected chi connectivity index (χ0v) is 14.3. The third-order valence-electron chi connectivity index (χ3n) is 3.89. The van der Waals surface area contributed by atoms with Crippen LogP contribution >= 0.6 is 12.4 Å². The predicted octanol–water partition coefficient (Wildman–Crippen LogP) is 2.75. The molecule has 132 valence electrons. The van der Waals surface area contributed by atoms with Crippen LogP contribution in [0.15, 0.2) is 29.2 Å². The zero-order chi connectivity index (χ0) is 16.4. The number of sulfonamides is 1. The van der Waals surface area contributed by atoms with Gasteiger partial charge in [-0.3, -0.25) is 0 Å². The third kappa shape index (κ3) is 4.82. The van der Waals surface area contributed by atoms with Gasteiger partial charge in [-0.2, -0.15) is 17.5 Å². The van der Waals surface area contributed by atoms with Crippen molar-refractivity contribution >= 4 is 22.4 Å². The van der Waals surface area contributed by atoms with Gasteiger partial charge in [-0.1, -0.05) is 0 Å². The summed E-state index contributed by atoms with van der Waals surface area (Å²) in [6.07, 6.45) is -2.96. The standard InChI is InChI=1S/C14H19F3N2O2S.ClH/c1-18-10-11-6-8-19(9-7-11)22(20,21)13-4-2-12(3-5-13)14(15,16)17;/h2-5,11,18H,6-10H2,1H3;1H. The van der Waals surface area contributed by atoms with Gasteiger partial charge in [0.1, 0.15) is 0 Å². The summed E-state index contributed by atoms with van der Waals surface area (Å²) in [5, 5.41) is 3.07. The van der Waals surface area contributed by atoms with E-state index in [0.717, 1.165) is 43.7 Å². The van der Waals surface area contributed by atoms with Gasteiger partial charge in [-0.25, -0.2) is 8.42 Å². The first kappa shape index (κ1) is 20.2. The molecule has 4 nitrogen and oxygen atoms in total. The van der Waals surface area contributed by atoms with Crippen molar-refractivity contribution in [3.8, 4) is 0 Å². The maximum absolute atomic E-state index is 12.5. The Labute approximate surface area is 140 Å². The molecular weight excluding hydrogens is 353 g/mol. The van der Waals surface area contributed by atoms with Crippen LogP contribution in [0.1, 0.15) is 18.4 Å². The molecule has 0 amide bonds. The smallest absolute Gasteiger partial charge is 0.319 e. The van der Waals surface area contributed by atoms with Gasteiger partial charge in [0.05, 0.1) is 10.5 Å². The van der Waals surface area contributed by atoms with Gasteiger partial charge in [0.2, 0.25) is 10.0 Å². The highest BCUT2D eigenvalue weighted by Crippen LogP contribution is 2.30. The van der Waals surface area contributed by atoms with E-state index in [0.29, 0.717) is 19.0 Å². The molecule has 1 saturated heterocycles. The molecule has 1 aliphatic rings. The minimum atomic E-state index is -4.46. The van der Waals surface area contributed by atoms with Crippen molar-refractivity contribution in [2.24, 2.45) is 5.92 Å². The van der Waals surface area contributed by atoms with E-state index in [1.807, 2.05) is 7.05 Å². The van der Waals surface area contributed by atoms with Crippen LogP contribution in [-0.2, 0) is 16.2 Å². The minimum absolute atomic E-state index is 0. The Kier molecular flexibility index (Phi) is 6.88. The van der Waals surface area contributed by atoms with Crippen LogP contribution in [0.5, 0.6) is 0 Å². The minimum Gasteiger partial charge on any atom is -0.319 e. The van der Waals surface area contributed by atoms with Crippen LogP contribution in [0.3, 0.4) is 0 Å². The molecule has 0 unspecified atom stereocenters. The van der Waals surface area contributed by atoms with Crippen LogP contribution in [0, 0.1) is 5.92 Å². The van der Waals surface area contributed by atoms with Gasteiger partial charge in [0.15, 0.2) is 0 Å². The van der Waals surface area contributed by atoms with E-state index in [1.54, 1.807) is 0 Å². The molecule has 1 aromatic rings. The molecule has 0 atom stereocenters. The van der Waals surface area contributed by atoms with Crippen molar-refractivity contribution in [1.82, 2.24) is 9.62 Å². The maximum atomic E-state index is 12.5. The van der Waals surface area contributed by atoms with E-state index < -0.39 is 21.8 Å². The predicted molar refractivity (Wildman–Crippen MR) is 84.1 cm³/mol. The molecule has 1 N–H and O–H groups in total. The molecule has 1 aromatic carbocycles. The van der Waals surface area contributed by atoms with Crippen molar-refractivity contribution in [2.75, 3.05) is 26.7 Å². The average Bonchev–Trinajstić information content (AvgIpc) is 2.47. The lowest BCUT2D eigenvalue weighted by molar-refractivity contribution is -0.137. The number of benzene rings is 1. The lowest BCUT2D eigenvalue weighted by Crippen LogP contribution is -2.40. The number of hydrogen-bond acceptors (Lipinski definition) is 3. The fraction of sp³-hybridized carbons (Fsp3) is 0.571. The van der Waals surface area contributed by atoms with Gasteiger partial charge in [-0.15, -0.1) is 12.4 Å². The highest BCUT2D eigenvalue weighted by atomic mass is 35.5. The van der Waals surface area contributed by atoms with Crippen LogP contribution < -0.4 is 5.32 Å². The highest BCUT2D eigenvalue weighted by molar-refractivity contribution is 7.89. The number of alkyl halides is 3. The molecule has 9 heteroatoms. The van der Waals surface area contributed by atoms with Gasteiger partial charge in [0, 0.05) is 13.1 Å². The molecule has 2 rings (SSSR count). The number of halogens is 4. The largest absolute Gasteiger partial charge is 0.416 e. The van der Waals surface area contributed by atoms with Crippen molar-refractivity contribution in [1.29, 1.82) is 0 Å². The SMILES string of the molecule is CNCC1CCN(S(=O)(=O)c2ccc(C(F)(F)F)cc2)CC1.Cl. The van der Waals surface area contributed by atoms with E-state index >= 15 is 0 Å². The van der Waals surface area contributed by atoms with Crippen molar-refractivity contribution < 1.29 is 21.6 Å². The van der Waals surface area contributed by atoms with E-state index in [4.69, 9.17) is 0 Å². The number of piperidine rings is 1. The second kappa shape index (κ2) is 7.83. The summed E-state index contributed by atoms with van der Waals surface area (Å²) in [5.74, 6) is 0.434. The van der Waals surface area contributed by atoms with Crippen molar-refractivity contribution in [3.63, 3.8) is 0 Å². The monoisotopic (exact) mass is 372 g/mol. The fourth-order valence-corrected chi connectivity index (χ4v) is 4.08. The summed E-state index contributed by atoms with van der Waals surface area (Å²) in [7, 11) is -1.86. The summed E-state index contributed by atoms with van der Waals surface area (Å²) in [4.78, 5) is -0.0902. The Balaban J connectivity index is 0.00000264. The second-order valence-corrected chi connectivity index (χ2v) is 7.37. The number of nitrogens with zero attached hydrogens (tertiary/aromatic N) is 1. The van der Waals surface area contributed by atoms with Gasteiger partial charge in [0.25, 0.3) is 0 Å². The molecule has 0 saturated carbocycles. The number of hydrogen-bond donors (Lipinski definition) is 1. The topological polar surface area (TPSA) is 49.4 Å². The van der Waals surface area contributed by atoms with Crippen molar-refractivity contribution in [2.45, 2.75) is 23.9 Å². The Morgan fingerprint density at radius 3 is 2.13 bits per heavy atom. The van der Waals surface area contributed by atoms with E-state index in [1.165, 1.54) is 4.31 Å². The van der Waals surface area contributed by atoms with Crippen molar-refractivity contribution in [3.05, 3.63) is 29.8 Å². The molecule has 1 aliphatic heterocycles. The Morgan fingerprint density at radius 1 is 1.17 bits per heavy atom. The second-order valence-electron chi connectivity index (χ2n) is 5.43. The first-order valence-electron chi connectivity index (χ1n) is 7.07. The molecular formula is C14H20ClF3N2O2S. The first-order valence-corrected chi connectivity index (χ1v) is 8.51. The molecule has 1 fully saturated rings. The summed E-state index contributed by atoms with van der Waals surface area (Å²) < 4.78 is 63.8. The summed E-state index contributed by atoms with van der Waals surface area (Å²) in [6.45, 7) is 1.64. The van der Waals surface area contributed by atoms with Gasteiger partial charge >= 0.3 is 6.18 Å². The zero-order valence-electron chi connectivity index (χ0n) is 12.6. The van der Waals surface area contributed by atoms with E-state index in [2.05, 4.69) is 5.32 Å². The quantitative estimate of drug-likeness (QED) is 0.884. The molecule has 1 heterocycles. The Hall–Kier alpha value is -0.830. The fourth-order valence-electron chi connectivity index (χ4n) is 2.61. The van der Waals surface area contributed by atoms with Crippen LogP contribution in [-0.4, -0.2) is 39.4 Å². The Morgan fingerprint density at radius 2 is 1.70 bits per heavy atom. The summed E-state index contributed by atoms with van der Waals surface area (Å²) >= 11 is 0. The van der Waals surface area contributed by atoms with Gasteiger partial charge < -0.3 is 5.32 Å². The molecule has 0 aromatic heterocycles.